The fourth-order valence-corrected chi connectivity index (χ4v) is 5.47. The second kappa shape index (κ2) is 15.5. The molecule has 6 atom stereocenters. The molecule has 1 saturated heterocycles. The maximum Gasteiger partial charge on any atom is 0.407 e. The zero-order valence-electron chi connectivity index (χ0n) is 26.0. The van der Waals surface area contributed by atoms with Crippen molar-refractivity contribution in [2.45, 2.75) is 70.4 Å². The Morgan fingerprint density at radius 1 is 0.723 bits per heavy atom. The molecule has 2 N–H and O–H groups in total. The van der Waals surface area contributed by atoms with E-state index in [9.17, 15) is 33.9 Å². The number of hydrogen-bond donors (Lipinski definition) is 2. The zero-order chi connectivity index (χ0) is 34.2. The predicted molar refractivity (Wildman–Crippen MR) is 158 cm³/mol. The monoisotopic (exact) mass is 657 g/mol. The van der Waals surface area contributed by atoms with Gasteiger partial charge in [0.1, 0.15) is 19.3 Å². The van der Waals surface area contributed by atoms with Crippen molar-refractivity contribution in [2.75, 3.05) is 19.8 Å². The van der Waals surface area contributed by atoms with Gasteiger partial charge in [0.2, 0.25) is 0 Å². The number of carbonyl (C=O) groups is 6. The van der Waals surface area contributed by atoms with E-state index in [1.807, 2.05) is 48.5 Å². The van der Waals surface area contributed by atoms with Crippen molar-refractivity contribution in [1.82, 2.24) is 5.32 Å². The predicted octanol–water partition coefficient (Wildman–Crippen LogP) is 2.08. The van der Waals surface area contributed by atoms with Crippen LogP contribution < -0.4 is 5.32 Å². The summed E-state index contributed by atoms with van der Waals surface area (Å²) in [6.07, 6.45) is -8.49. The molecule has 15 heteroatoms. The normalized spacial score (nSPS) is 22.1. The van der Waals surface area contributed by atoms with E-state index >= 15 is 0 Å². The van der Waals surface area contributed by atoms with Crippen molar-refractivity contribution in [3.05, 3.63) is 59.7 Å². The number of amides is 1. The Morgan fingerprint density at radius 2 is 1.26 bits per heavy atom. The van der Waals surface area contributed by atoms with Crippen LogP contribution in [0.1, 0.15) is 44.7 Å². The fraction of sp³-hybridized carbons (Fsp3) is 0.438. The number of fused-ring (bicyclic) bond motifs is 3. The molecule has 2 aromatic rings. The molecule has 0 aromatic heterocycles. The first-order valence-electron chi connectivity index (χ1n) is 14.6. The number of aliphatic carboxylic acids is 1. The Bertz CT molecular complexity index is 1460. The minimum absolute atomic E-state index is 0.0766. The van der Waals surface area contributed by atoms with Gasteiger partial charge in [0.05, 0.1) is 6.61 Å². The van der Waals surface area contributed by atoms with Crippen LogP contribution in [-0.4, -0.2) is 97.6 Å². The molecular weight excluding hydrogens is 622 g/mol. The molecule has 0 radical (unpaired) electrons. The summed E-state index contributed by atoms with van der Waals surface area (Å²) >= 11 is 0. The van der Waals surface area contributed by atoms with E-state index in [2.05, 4.69) is 5.32 Å². The number of ether oxygens (including phenoxy) is 7. The van der Waals surface area contributed by atoms with Crippen molar-refractivity contribution >= 4 is 35.9 Å². The molecule has 1 aliphatic heterocycles. The summed E-state index contributed by atoms with van der Waals surface area (Å²) in [5, 5.41) is 12.1. The van der Waals surface area contributed by atoms with E-state index in [-0.39, 0.29) is 12.5 Å². The number of carbonyl (C=O) groups excluding carboxylic acids is 5. The van der Waals surface area contributed by atoms with Gasteiger partial charge in [0.15, 0.2) is 30.6 Å². The summed E-state index contributed by atoms with van der Waals surface area (Å²) in [7, 11) is 0. The number of esters is 4. The van der Waals surface area contributed by atoms with Crippen LogP contribution in [0.3, 0.4) is 0 Å². The topological polar surface area (TPSA) is 199 Å². The molecule has 0 bridgehead atoms. The zero-order valence-corrected chi connectivity index (χ0v) is 26.0. The Labute approximate surface area is 269 Å². The summed E-state index contributed by atoms with van der Waals surface area (Å²) in [5.41, 5.74) is 3.95. The lowest BCUT2D eigenvalue weighted by Gasteiger charge is -2.44. The lowest BCUT2D eigenvalue weighted by atomic mass is 9.98. The average Bonchev–Trinajstić information content (AvgIpc) is 3.32. The van der Waals surface area contributed by atoms with Crippen LogP contribution in [0.5, 0.6) is 0 Å². The van der Waals surface area contributed by atoms with E-state index in [1.165, 1.54) is 0 Å². The molecule has 2 aromatic carbocycles. The molecule has 1 amide bonds. The lowest BCUT2D eigenvalue weighted by Crippen LogP contribution is -2.63. The van der Waals surface area contributed by atoms with Crippen LogP contribution in [0.15, 0.2) is 48.5 Å². The van der Waals surface area contributed by atoms with Gasteiger partial charge in [-0.1, -0.05) is 48.5 Å². The molecule has 47 heavy (non-hydrogen) atoms. The molecule has 15 nitrogen and oxygen atoms in total. The Hall–Kier alpha value is -5.02. The number of nitrogens with one attached hydrogen (secondary N) is 1. The standard InChI is InChI=1S/C32H35NO14/c1-16(34)41-15-26-27(44-17(2)35)28(45-18(3)36)29(46-19(4)37)31(47-26)42-14-25(30(38)39)33-32(40)43-13-24-22-11-7-5-9-20(22)21-10-6-8-12-23(21)24/h5-12,24-29,31H,13-15H2,1-4H3,(H,33,40)(H,38,39)/t25-,26-,27-,28+,29-,31+/m0/s1. The van der Waals surface area contributed by atoms with Gasteiger partial charge in [-0.15, -0.1) is 0 Å². The molecule has 1 heterocycles. The summed E-state index contributed by atoms with van der Waals surface area (Å²) in [6.45, 7) is 2.98. The summed E-state index contributed by atoms with van der Waals surface area (Å²) in [5.74, 6) is -5.01. The second-order valence-electron chi connectivity index (χ2n) is 10.8. The number of benzene rings is 2. The van der Waals surface area contributed by atoms with Crippen LogP contribution in [0.4, 0.5) is 4.79 Å². The first kappa shape index (κ1) is 34.8. The number of hydrogen-bond acceptors (Lipinski definition) is 13. The molecule has 0 unspecified atom stereocenters. The highest BCUT2D eigenvalue weighted by molar-refractivity contribution is 5.81. The Morgan fingerprint density at radius 3 is 1.79 bits per heavy atom. The third-order valence-electron chi connectivity index (χ3n) is 7.31. The van der Waals surface area contributed by atoms with Gasteiger partial charge in [-0.05, 0) is 22.3 Å². The first-order chi connectivity index (χ1) is 22.3. The van der Waals surface area contributed by atoms with Gasteiger partial charge in [-0.3, -0.25) is 19.2 Å². The Kier molecular flexibility index (Phi) is 11.5. The minimum atomic E-state index is -1.68. The van der Waals surface area contributed by atoms with E-state index in [4.69, 9.17) is 33.2 Å². The van der Waals surface area contributed by atoms with Gasteiger partial charge in [0.25, 0.3) is 0 Å². The third kappa shape index (κ3) is 8.83. The number of carboxylic acids is 1. The van der Waals surface area contributed by atoms with E-state index in [1.54, 1.807) is 0 Å². The van der Waals surface area contributed by atoms with Gasteiger partial charge < -0.3 is 43.6 Å². The summed E-state index contributed by atoms with van der Waals surface area (Å²) in [4.78, 5) is 72.4. The second-order valence-corrected chi connectivity index (χ2v) is 10.8. The molecule has 252 valence electrons. The van der Waals surface area contributed by atoms with Crippen LogP contribution in [0.25, 0.3) is 11.1 Å². The summed E-state index contributed by atoms with van der Waals surface area (Å²) < 4.78 is 37.9. The highest BCUT2D eigenvalue weighted by atomic mass is 16.7. The third-order valence-corrected chi connectivity index (χ3v) is 7.31. The SMILES string of the molecule is CC(=O)OC[C@@H]1O[C@@H](OC[C@H](NC(=O)OCC2c3ccccc3-c3ccccc32)C(=O)O)[C@@H](OC(C)=O)[C@H](OC(C)=O)[C@H]1OC(C)=O. The smallest absolute Gasteiger partial charge is 0.407 e. The van der Waals surface area contributed by atoms with Crippen LogP contribution in [0.2, 0.25) is 0 Å². The van der Waals surface area contributed by atoms with Crippen LogP contribution >= 0.6 is 0 Å². The van der Waals surface area contributed by atoms with E-state index in [0.29, 0.717) is 0 Å². The van der Waals surface area contributed by atoms with E-state index < -0.39 is 85.9 Å². The minimum Gasteiger partial charge on any atom is -0.480 e. The first-order valence-corrected chi connectivity index (χ1v) is 14.6. The average molecular weight is 658 g/mol. The number of alkyl carbamates (subject to hydrolysis) is 1. The van der Waals surface area contributed by atoms with Crippen molar-refractivity contribution < 1.29 is 67.0 Å². The van der Waals surface area contributed by atoms with E-state index in [0.717, 1.165) is 49.9 Å². The lowest BCUT2D eigenvalue weighted by molar-refractivity contribution is -0.308. The highest BCUT2D eigenvalue weighted by Gasteiger charge is 2.53. The van der Waals surface area contributed by atoms with Crippen molar-refractivity contribution in [3.8, 4) is 11.1 Å². The van der Waals surface area contributed by atoms with Crippen LogP contribution in [-0.2, 0) is 57.1 Å². The highest BCUT2D eigenvalue weighted by Crippen LogP contribution is 2.44. The maximum atomic E-state index is 12.8. The number of rotatable bonds is 12. The van der Waals surface area contributed by atoms with Gasteiger partial charge in [-0.2, -0.15) is 0 Å². The Balaban J connectivity index is 1.48. The number of carboxylic acid groups (broad SMARTS) is 1. The molecule has 0 saturated carbocycles. The maximum absolute atomic E-state index is 12.8. The molecule has 2 aliphatic rings. The molecular formula is C32H35NO14. The summed E-state index contributed by atoms with van der Waals surface area (Å²) in [6, 6.07) is 13.7. The van der Waals surface area contributed by atoms with Gasteiger partial charge in [-0.25, -0.2) is 9.59 Å². The van der Waals surface area contributed by atoms with Crippen LogP contribution in [0, 0.1) is 0 Å². The molecule has 0 spiro atoms. The quantitative estimate of drug-likeness (QED) is 0.248. The van der Waals surface area contributed by atoms with Crippen molar-refractivity contribution in [3.63, 3.8) is 0 Å². The van der Waals surface area contributed by atoms with Gasteiger partial charge in [0, 0.05) is 33.6 Å². The largest absolute Gasteiger partial charge is 0.480 e. The molecule has 1 fully saturated rings. The van der Waals surface area contributed by atoms with Crippen molar-refractivity contribution in [2.24, 2.45) is 0 Å². The molecule has 1 aliphatic carbocycles. The molecule has 4 rings (SSSR count). The van der Waals surface area contributed by atoms with Crippen molar-refractivity contribution in [1.29, 1.82) is 0 Å². The fourth-order valence-electron chi connectivity index (χ4n) is 5.47. The van der Waals surface area contributed by atoms with Gasteiger partial charge >= 0.3 is 35.9 Å².